The van der Waals surface area contributed by atoms with Crippen LogP contribution in [0.4, 0.5) is 11.4 Å². The Bertz CT molecular complexity index is 1470. The highest BCUT2D eigenvalue weighted by Gasteiger charge is 2.18. The number of halogens is 1. The molecule has 0 atom stereocenters. The minimum atomic E-state index is -0.584. The van der Waals surface area contributed by atoms with Crippen molar-refractivity contribution < 1.29 is 28.3 Å². The minimum absolute atomic E-state index is 0.0217. The third-order valence-corrected chi connectivity index (χ3v) is 5.48. The van der Waals surface area contributed by atoms with Crippen LogP contribution >= 0.6 is 11.6 Å². The zero-order valence-electron chi connectivity index (χ0n) is 19.4. The molecule has 0 aliphatic rings. The minimum Gasteiger partial charge on any atom is -0.493 e. The SMILES string of the molecule is COc1cc(-c2nc3cc(NC(=O)/C=C/c4ccc(Cl)c([N+](=O)[O-])c4)ccc3o2)cc(OC)c1OC. The van der Waals surface area contributed by atoms with Crippen LogP contribution in [-0.2, 0) is 4.79 Å². The molecule has 0 saturated heterocycles. The summed E-state index contributed by atoms with van der Waals surface area (Å²) < 4.78 is 22.0. The number of aromatic nitrogens is 1. The topological polar surface area (TPSA) is 126 Å². The fourth-order valence-corrected chi connectivity index (χ4v) is 3.65. The number of oxazole rings is 1. The summed E-state index contributed by atoms with van der Waals surface area (Å²) >= 11 is 5.82. The zero-order valence-corrected chi connectivity index (χ0v) is 20.2. The van der Waals surface area contributed by atoms with Gasteiger partial charge in [0.2, 0.25) is 17.5 Å². The van der Waals surface area contributed by atoms with Crippen LogP contribution < -0.4 is 19.5 Å². The Hall–Kier alpha value is -4.57. The van der Waals surface area contributed by atoms with E-state index in [1.807, 2.05) is 0 Å². The van der Waals surface area contributed by atoms with Gasteiger partial charge in [-0.3, -0.25) is 14.9 Å². The number of methoxy groups -OCH3 is 3. The van der Waals surface area contributed by atoms with Gasteiger partial charge in [-0.1, -0.05) is 17.7 Å². The van der Waals surface area contributed by atoms with Crippen molar-refractivity contribution in [2.45, 2.75) is 0 Å². The molecule has 10 nitrogen and oxygen atoms in total. The fourth-order valence-electron chi connectivity index (χ4n) is 3.46. The van der Waals surface area contributed by atoms with Gasteiger partial charge in [-0.2, -0.15) is 0 Å². The smallest absolute Gasteiger partial charge is 0.288 e. The largest absolute Gasteiger partial charge is 0.493 e. The van der Waals surface area contributed by atoms with E-state index < -0.39 is 10.8 Å². The number of benzene rings is 3. The summed E-state index contributed by atoms with van der Waals surface area (Å²) in [6.45, 7) is 0. The first-order valence-corrected chi connectivity index (χ1v) is 10.8. The summed E-state index contributed by atoms with van der Waals surface area (Å²) in [4.78, 5) is 27.4. The van der Waals surface area contributed by atoms with E-state index in [2.05, 4.69) is 10.3 Å². The maximum Gasteiger partial charge on any atom is 0.288 e. The lowest BCUT2D eigenvalue weighted by Crippen LogP contribution is -2.07. The Kier molecular flexibility index (Phi) is 7.07. The van der Waals surface area contributed by atoms with Crippen molar-refractivity contribution in [1.82, 2.24) is 4.98 Å². The van der Waals surface area contributed by atoms with Crippen LogP contribution in [0.1, 0.15) is 5.56 Å². The molecule has 1 aromatic heterocycles. The molecule has 3 aromatic carbocycles. The van der Waals surface area contributed by atoms with Crippen molar-refractivity contribution in [3.8, 4) is 28.7 Å². The second-order valence-electron chi connectivity index (χ2n) is 7.41. The molecule has 0 saturated carbocycles. The highest BCUT2D eigenvalue weighted by atomic mass is 35.5. The number of carbonyl (C=O) groups is 1. The van der Waals surface area contributed by atoms with Crippen LogP contribution in [0.3, 0.4) is 0 Å². The molecular formula is C25H20ClN3O7. The van der Waals surface area contributed by atoms with Crippen molar-refractivity contribution in [2.24, 2.45) is 0 Å². The van der Waals surface area contributed by atoms with Gasteiger partial charge in [0.15, 0.2) is 17.1 Å². The normalized spacial score (nSPS) is 11.0. The molecule has 1 amide bonds. The summed E-state index contributed by atoms with van der Waals surface area (Å²) in [5.74, 6) is 1.27. The van der Waals surface area contributed by atoms with Crippen molar-refractivity contribution >= 4 is 46.1 Å². The number of nitro benzene ring substituents is 1. The number of nitrogens with zero attached hydrogens (tertiary/aromatic N) is 2. The Morgan fingerprint density at radius 2 is 1.78 bits per heavy atom. The van der Waals surface area contributed by atoms with Crippen molar-refractivity contribution in [1.29, 1.82) is 0 Å². The van der Waals surface area contributed by atoms with Crippen LogP contribution in [0.15, 0.2) is 59.0 Å². The maximum absolute atomic E-state index is 12.4. The van der Waals surface area contributed by atoms with Gasteiger partial charge in [-0.05, 0) is 48.0 Å². The molecule has 0 unspecified atom stereocenters. The number of hydrogen-bond acceptors (Lipinski definition) is 8. The predicted molar refractivity (Wildman–Crippen MR) is 135 cm³/mol. The number of fused-ring (bicyclic) bond motifs is 1. The van der Waals surface area contributed by atoms with Gasteiger partial charge in [0, 0.05) is 23.4 Å². The van der Waals surface area contributed by atoms with E-state index in [1.54, 1.807) is 36.4 Å². The number of nitrogens with one attached hydrogen (secondary N) is 1. The molecule has 0 spiro atoms. The highest BCUT2D eigenvalue weighted by molar-refractivity contribution is 6.32. The molecular weight excluding hydrogens is 490 g/mol. The van der Waals surface area contributed by atoms with E-state index in [1.165, 1.54) is 45.6 Å². The molecule has 184 valence electrons. The van der Waals surface area contributed by atoms with Crippen molar-refractivity contribution in [3.05, 3.63) is 75.3 Å². The standard InChI is InChI=1S/C25H20ClN3O7/c1-33-21-11-15(12-22(34-2)24(21)35-3)25-28-18-13-16(6-8-20(18)36-25)27-23(30)9-5-14-4-7-17(26)19(10-14)29(31)32/h4-13H,1-3H3,(H,27,30)/b9-5+. The lowest BCUT2D eigenvalue weighted by atomic mass is 10.2. The first kappa shape index (κ1) is 24.6. The van der Waals surface area contributed by atoms with Gasteiger partial charge < -0.3 is 23.9 Å². The highest BCUT2D eigenvalue weighted by Crippen LogP contribution is 2.41. The summed E-state index contributed by atoms with van der Waals surface area (Å²) in [6.07, 6.45) is 2.72. The average Bonchev–Trinajstić information content (AvgIpc) is 3.30. The quantitative estimate of drug-likeness (QED) is 0.181. The van der Waals surface area contributed by atoms with Gasteiger partial charge in [0.1, 0.15) is 10.5 Å². The van der Waals surface area contributed by atoms with Gasteiger partial charge in [0.05, 0.1) is 26.3 Å². The van der Waals surface area contributed by atoms with E-state index in [0.29, 0.717) is 51.1 Å². The second-order valence-corrected chi connectivity index (χ2v) is 7.81. The molecule has 4 rings (SSSR count). The number of ether oxygens (including phenoxy) is 3. The number of anilines is 1. The van der Waals surface area contributed by atoms with Gasteiger partial charge in [-0.25, -0.2) is 4.98 Å². The average molecular weight is 510 g/mol. The van der Waals surface area contributed by atoms with Crippen LogP contribution in [-0.4, -0.2) is 37.1 Å². The van der Waals surface area contributed by atoms with Gasteiger partial charge >= 0.3 is 0 Å². The Labute approximate surface area is 210 Å². The summed E-state index contributed by atoms with van der Waals surface area (Å²) in [5, 5.41) is 13.8. The molecule has 0 bridgehead atoms. The molecule has 36 heavy (non-hydrogen) atoms. The lowest BCUT2D eigenvalue weighted by Gasteiger charge is -2.12. The summed E-state index contributed by atoms with van der Waals surface area (Å²) in [7, 11) is 4.55. The zero-order chi connectivity index (χ0) is 25.8. The number of nitro groups is 1. The van der Waals surface area contributed by atoms with Gasteiger partial charge in [0.25, 0.3) is 5.69 Å². The number of amides is 1. The van der Waals surface area contributed by atoms with Crippen LogP contribution in [0.25, 0.3) is 28.6 Å². The van der Waals surface area contributed by atoms with Gasteiger partial charge in [-0.15, -0.1) is 0 Å². The van der Waals surface area contributed by atoms with E-state index >= 15 is 0 Å². The van der Waals surface area contributed by atoms with E-state index in [0.717, 1.165) is 0 Å². The monoisotopic (exact) mass is 509 g/mol. The predicted octanol–water partition coefficient (Wildman–Crippen LogP) is 5.73. The summed E-state index contributed by atoms with van der Waals surface area (Å²) in [6, 6.07) is 12.7. The van der Waals surface area contributed by atoms with Crippen LogP contribution in [0.2, 0.25) is 5.02 Å². The molecule has 11 heteroatoms. The first-order valence-electron chi connectivity index (χ1n) is 10.5. The Morgan fingerprint density at radius 1 is 1.06 bits per heavy atom. The molecule has 1 heterocycles. The van der Waals surface area contributed by atoms with Crippen LogP contribution in [0, 0.1) is 10.1 Å². The molecule has 0 aliphatic heterocycles. The molecule has 0 fully saturated rings. The molecule has 0 radical (unpaired) electrons. The second kappa shape index (κ2) is 10.4. The lowest BCUT2D eigenvalue weighted by molar-refractivity contribution is -0.384. The molecule has 0 aliphatic carbocycles. The van der Waals surface area contributed by atoms with E-state index in [4.69, 9.17) is 30.2 Å². The van der Waals surface area contributed by atoms with E-state index in [9.17, 15) is 14.9 Å². The van der Waals surface area contributed by atoms with Crippen LogP contribution in [0.5, 0.6) is 17.2 Å². The number of hydrogen-bond donors (Lipinski definition) is 1. The Morgan fingerprint density at radius 3 is 2.42 bits per heavy atom. The molecule has 4 aromatic rings. The van der Waals surface area contributed by atoms with E-state index in [-0.39, 0.29) is 10.7 Å². The third-order valence-electron chi connectivity index (χ3n) is 5.16. The van der Waals surface area contributed by atoms with Crippen molar-refractivity contribution in [2.75, 3.05) is 26.6 Å². The first-order chi connectivity index (χ1) is 17.3. The summed E-state index contributed by atoms with van der Waals surface area (Å²) in [5.41, 5.74) is 2.37. The number of carbonyl (C=O) groups excluding carboxylic acids is 1. The molecule has 1 N–H and O–H groups in total. The Balaban J connectivity index is 1.55. The maximum atomic E-state index is 12.4. The third kappa shape index (κ3) is 5.08. The number of rotatable bonds is 8. The fraction of sp³-hybridized carbons (Fsp3) is 0.120. The van der Waals surface area contributed by atoms with Crippen molar-refractivity contribution in [3.63, 3.8) is 0 Å².